The van der Waals surface area contributed by atoms with Gasteiger partial charge in [0.15, 0.2) is 0 Å². The molecule has 2 aliphatic rings. The maximum absolute atomic E-state index is 12.3. The Morgan fingerprint density at radius 2 is 1.60 bits per heavy atom. The number of carbonyl (C=O) groups is 2. The number of piperazine rings is 1. The highest BCUT2D eigenvalue weighted by molar-refractivity contribution is 5.82. The predicted molar refractivity (Wildman–Crippen MR) is 78.5 cm³/mol. The van der Waals surface area contributed by atoms with Crippen molar-refractivity contribution in [2.75, 3.05) is 52.9 Å². The molecule has 114 valence electrons. The molecule has 0 unspecified atom stereocenters. The zero-order valence-electron chi connectivity index (χ0n) is 12.8. The van der Waals surface area contributed by atoms with Gasteiger partial charge in [0.05, 0.1) is 6.54 Å². The second-order valence-electron chi connectivity index (χ2n) is 6.05. The van der Waals surface area contributed by atoms with E-state index in [4.69, 9.17) is 0 Å². The lowest BCUT2D eigenvalue weighted by molar-refractivity contribution is -0.136. The Kier molecular flexibility index (Phi) is 5.54. The number of likely N-dealkylation sites (N-methyl/N-ethyl adjacent to an activating group) is 1. The van der Waals surface area contributed by atoms with Crippen molar-refractivity contribution in [1.29, 1.82) is 0 Å². The number of hydrogen-bond donors (Lipinski definition) is 0. The number of nitrogens with zero attached hydrogens (tertiary/aromatic N) is 3. The van der Waals surface area contributed by atoms with E-state index in [1.807, 2.05) is 11.8 Å². The minimum atomic E-state index is 0.188. The Hall–Kier alpha value is -0.940. The third-order valence-corrected chi connectivity index (χ3v) is 4.61. The number of ketones is 1. The summed E-state index contributed by atoms with van der Waals surface area (Å²) in [6, 6.07) is 0. The third-order valence-electron chi connectivity index (χ3n) is 4.61. The van der Waals surface area contributed by atoms with Gasteiger partial charge < -0.3 is 9.80 Å². The monoisotopic (exact) mass is 281 g/mol. The summed E-state index contributed by atoms with van der Waals surface area (Å²) in [5.74, 6) is 0.779. The lowest BCUT2D eigenvalue weighted by Gasteiger charge is -2.35. The number of piperidine rings is 1. The molecule has 2 aliphatic heterocycles. The summed E-state index contributed by atoms with van der Waals surface area (Å²) < 4.78 is 0. The molecule has 2 saturated heterocycles. The summed E-state index contributed by atoms with van der Waals surface area (Å²) in [6.07, 6.45) is 2.32. The first-order valence-corrected chi connectivity index (χ1v) is 7.81. The molecule has 0 radical (unpaired) electrons. The molecular formula is C15H27N3O2. The average Bonchev–Trinajstić information content (AvgIpc) is 2.49. The van der Waals surface area contributed by atoms with Crippen molar-refractivity contribution in [3.05, 3.63) is 0 Å². The highest BCUT2D eigenvalue weighted by atomic mass is 16.2. The van der Waals surface area contributed by atoms with Gasteiger partial charge in [-0.3, -0.25) is 14.5 Å². The van der Waals surface area contributed by atoms with Gasteiger partial charge in [0.2, 0.25) is 5.91 Å². The maximum Gasteiger partial charge on any atom is 0.236 e. The molecule has 0 spiro atoms. The van der Waals surface area contributed by atoms with E-state index < -0.39 is 0 Å². The Morgan fingerprint density at radius 3 is 2.15 bits per heavy atom. The summed E-state index contributed by atoms with van der Waals surface area (Å²) in [5.41, 5.74) is 0. The zero-order valence-corrected chi connectivity index (χ0v) is 12.8. The smallest absolute Gasteiger partial charge is 0.236 e. The van der Waals surface area contributed by atoms with Crippen LogP contribution in [0.4, 0.5) is 0 Å². The molecule has 2 rings (SSSR count). The molecule has 2 fully saturated rings. The molecule has 0 N–H and O–H groups in total. The summed E-state index contributed by atoms with van der Waals surface area (Å²) in [4.78, 5) is 30.4. The quantitative estimate of drug-likeness (QED) is 0.750. The number of Topliss-reactive ketones (excluding diaryl/α,β-unsaturated/α-hetero) is 1. The van der Waals surface area contributed by atoms with Crippen LogP contribution >= 0.6 is 0 Å². The second kappa shape index (κ2) is 7.18. The molecule has 0 aromatic heterocycles. The van der Waals surface area contributed by atoms with Crippen molar-refractivity contribution < 1.29 is 9.59 Å². The molecule has 5 heteroatoms. The van der Waals surface area contributed by atoms with E-state index in [1.54, 1.807) is 0 Å². The summed E-state index contributed by atoms with van der Waals surface area (Å²) in [6.45, 7) is 8.01. The average molecular weight is 281 g/mol. The molecule has 2 heterocycles. The van der Waals surface area contributed by atoms with Gasteiger partial charge in [-0.05, 0) is 19.9 Å². The normalized spacial score (nSPS) is 23.0. The van der Waals surface area contributed by atoms with Crippen molar-refractivity contribution in [2.45, 2.75) is 26.2 Å². The van der Waals surface area contributed by atoms with Crippen LogP contribution < -0.4 is 0 Å². The van der Waals surface area contributed by atoms with Crippen LogP contribution in [0, 0.1) is 5.92 Å². The second-order valence-corrected chi connectivity index (χ2v) is 6.05. The molecule has 0 aliphatic carbocycles. The molecule has 0 saturated carbocycles. The molecule has 0 atom stereocenters. The Morgan fingerprint density at radius 1 is 1.00 bits per heavy atom. The van der Waals surface area contributed by atoms with Gasteiger partial charge >= 0.3 is 0 Å². The lowest BCUT2D eigenvalue weighted by Crippen LogP contribution is -2.50. The molecule has 0 aromatic rings. The van der Waals surface area contributed by atoms with Crippen LogP contribution in [0.2, 0.25) is 0 Å². The molecule has 1 amide bonds. The van der Waals surface area contributed by atoms with E-state index in [0.717, 1.165) is 52.1 Å². The SMILES string of the molecule is CCC(=O)C1CCN(C(=O)CN2CCN(C)CC2)CC1. The van der Waals surface area contributed by atoms with Crippen molar-refractivity contribution >= 4 is 11.7 Å². The fourth-order valence-corrected chi connectivity index (χ4v) is 3.04. The fraction of sp³-hybridized carbons (Fsp3) is 0.867. The van der Waals surface area contributed by atoms with Gasteiger partial charge in [0.1, 0.15) is 5.78 Å². The molecular weight excluding hydrogens is 254 g/mol. The van der Waals surface area contributed by atoms with Crippen LogP contribution in [0.25, 0.3) is 0 Å². The molecule has 5 nitrogen and oxygen atoms in total. The third kappa shape index (κ3) is 4.03. The Labute approximate surface area is 121 Å². The van der Waals surface area contributed by atoms with Crippen molar-refractivity contribution in [1.82, 2.24) is 14.7 Å². The minimum Gasteiger partial charge on any atom is -0.342 e. The first-order valence-electron chi connectivity index (χ1n) is 7.81. The number of rotatable bonds is 4. The first kappa shape index (κ1) is 15.4. The largest absolute Gasteiger partial charge is 0.342 e. The Bertz CT molecular complexity index is 343. The van der Waals surface area contributed by atoms with Gasteiger partial charge in [-0.1, -0.05) is 6.92 Å². The lowest BCUT2D eigenvalue weighted by atomic mass is 9.91. The van der Waals surface area contributed by atoms with Crippen LogP contribution in [-0.2, 0) is 9.59 Å². The van der Waals surface area contributed by atoms with Gasteiger partial charge in [0, 0.05) is 51.6 Å². The highest BCUT2D eigenvalue weighted by Gasteiger charge is 2.27. The predicted octanol–water partition coefficient (Wildman–Crippen LogP) is 0.452. The van der Waals surface area contributed by atoms with E-state index in [0.29, 0.717) is 18.7 Å². The minimum absolute atomic E-state index is 0.188. The summed E-state index contributed by atoms with van der Waals surface area (Å²) in [7, 11) is 2.12. The van der Waals surface area contributed by atoms with Gasteiger partial charge in [-0.15, -0.1) is 0 Å². The van der Waals surface area contributed by atoms with E-state index in [9.17, 15) is 9.59 Å². The van der Waals surface area contributed by atoms with E-state index in [2.05, 4.69) is 16.8 Å². The van der Waals surface area contributed by atoms with Crippen LogP contribution in [0.3, 0.4) is 0 Å². The van der Waals surface area contributed by atoms with E-state index >= 15 is 0 Å². The molecule has 0 aromatic carbocycles. The first-order chi connectivity index (χ1) is 9.60. The fourth-order valence-electron chi connectivity index (χ4n) is 3.04. The van der Waals surface area contributed by atoms with Crippen LogP contribution in [0.1, 0.15) is 26.2 Å². The number of amides is 1. The topological polar surface area (TPSA) is 43.9 Å². The number of carbonyl (C=O) groups excluding carboxylic acids is 2. The number of likely N-dealkylation sites (tertiary alicyclic amines) is 1. The van der Waals surface area contributed by atoms with Crippen molar-refractivity contribution in [3.8, 4) is 0 Å². The van der Waals surface area contributed by atoms with Gasteiger partial charge in [-0.25, -0.2) is 0 Å². The van der Waals surface area contributed by atoms with E-state index in [-0.39, 0.29) is 11.8 Å². The van der Waals surface area contributed by atoms with E-state index in [1.165, 1.54) is 0 Å². The molecule has 20 heavy (non-hydrogen) atoms. The van der Waals surface area contributed by atoms with Crippen LogP contribution in [-0.4, -0.2) is 79.3 Å². The van der Waals surface area contributed by atoms with Crippen LogP contribution in [0.5, 0.6) is 0 Å². The maximum atomic E-state index is 12.3. The van der Waals surface area contributed by atoms with Crippen LogP contribution in [0.15, 0.2) is 0 Å². The molecule has 0 bridgehead atoms. The van der Waals surface area contributed by atoms with Crippen molar-refractivity contribution in [3.63, 3.8) is 0 Å². The summed E-state index contributed by atoms with van der Waals surface area (Å²) in [5, 5.41) is 0. The van der Waals surface area contributed by atoms with Crippen molar-refractivity contribution in [2.24, 2.45) is 5.92 Å². The van der Waals surface area contributed by atoms with Gasteiger partial charge in [0.25, 0.3) is 0 Å². The Balaban J connectivity index is 1.73. The standard InChI is InChI=1S/C15H27N3O2/c1-3-14(19)13-4-6-18(7-5-13)15(20)12-17-10-8-16(2)9-11-17/h13H,3-12H2,1-2H3. The van der Waals surface area contributed by atoms with Gasteiger partial charge in [-0.2, -0.15) is 0 Å². The summed E-state index contributed by atoms with van der Waals surface area (Å²) >= 11 is 0. The number of hydrogen-bond acceptors (Lipinski definition) is 4. The zero-order chi connectivity index (χ0) is 14.5. The highest BCUT2D eigenvalue weighted by Crippen LogP contribution is 2.19.